The fourth-order valence-electron chi connectivity index (χ4n) is 2.23. The van der Waals surface area contributed by atoms with Gasteiger partial charge in [0.15, 0.2) is 5.84 Å². The normalized spacial score (nSPS) is 25.8. The second-order valence-corrected chi connectivity index (χ2v) is 5.15. The van der Waals surface area contributed by atoms with Crippen molar-refractivity contribution in [3.05, 3.63) is 0 Å². The summed E-state index contributed by atoms with van der Waals surface area (Å²) in [4.78, 5) is 12.0. The third kappa shape index (κ3) is 3.61. The van der Waals surface area contributed by atoms with E-state index in [1.165, 1.54) is 0 Å². The van der Waals surface area contributed by atoms with Gasteiger partial charge in [0.2, 0.25) is 5.91 Å². The van der Waals surface area contributed by atoms with E-state index in [1.54, 1.807) is 0 Å². The molecule has 4 N–H and O–H groups in total. The van der Waals surface area contributed by atoms with Gasteiger partial charge in [-0.05, 0) is 24.7 Å². The molecule has 0 radical (unpaired) electrons. The smallest absolute Gasteiger partial charge is 0.231 e. The Morgan fingerprint density at radius 1 is 1.59 bits per heavy atom. The van der Waals surface area contributed by atoms with Crippen molar-refractivity contribution in [2.75, 3.05) is 0 Å². The topological polar surface area (TPSA) is 87.7 Å². The van der Waals surface area contributed by atoms with E-state index in [0.717, 1.165) is 19.3 Å². The van der Waals surface area contributed by atoms with Crippen LogP contribution in [0, 0.1) is 17.8 Å². The van der Waals surface area contributed by atoms with Crippen LogP contribution in [0.25, 0.3) is 0 Å². The summed E-state index contributed by atoms with van der Waals surface area (Å²) in [7, 11) is 0. The van der Waals surface area contributed by atoms with Gasteiger partial charge in [-0.3, -0.25) is 4.79 Å². The van der Waals surface area contributed by atoms with Gasteiger partial charge in [-0.1, -0.05) is 32.3 Å². The molecule has 0 aliphatic heterocycles. The third-order valence-electron chi connectivity index (χ3n) is 3.29. The number of oxime groups is 1. The van der Waals surface area contributed by atoms with E-state index in [0.29, 0.717) is 5.92 Å². The second-order valence-electron chi connectivity index (χ2n) is 5.15. The number of nitrogens with one attached hydrogen (secondary N) is 1. The van der Waals surface area contributed by atoms with E-state index < -0.39 is 5.92 Å². The third-order valence-corrected chi connectivity index (χ3v) is 3.29. The summed E-state index contributed by atoms with van der Waals surface area (Å²) >= 11 is 0. The monoisotopic (exact) mass is 241 g/mol. The number of amidine groups is 1. The minimum absolute atomic E-state index is 0.00908. The Balaban J connectivity index is 2.50. The molecule has 1 rings (SSSR count). The number of nitrogens with zero attached hydrogens (tertiary/aromatic N) is 1. The van der Waals surface area contributed by atoms with Crippen molar-refractivity contribution in [3.8, 4) is 0 Å². The first-order valence-corrected chi connectivity index (χ1v) is 6.29. The Hall–Kier alpha value is -1.26. The Labute approximate surface area is 102 Å². The van der Waals surface area contributed by atoms with Gasteiger partial charge in [-0.15, -0.1) is 0 Å². The molecule has 1 fully saturated rings. The molecule has 0 bridgehead atoms. The van der Waals surface area contributed by atoms with Crippen LogP contribution < -0.4 is 11.1 Å². The molecule has 5 nitrogen and oxygen atoms in total. The molecule has 0 saturated heterocycles. The molecule has 1 saturated carbocycles. The van der Waals surface area contributed by atoms with E-state index in [-0.39, 0.29) is 23.7 Å². The Morgan fingerprint density at radius 2 is 2.24 bits per heavy atom. The largest absolute Gasteiger partial charge is 0.409 e. The van der Waals surface area contributed by atoms with E-state index in [9.17, 15) is 4.79 Å². The van der Waals surface area contributed by atoms with Gasteiger partial charge in [-0.25, -0.2) is 0 Å². The first kappa shape index (κ1) is 13.8. The molecule has 0 aromatic carbocycles. The summed E-state index contributed by atoms with van der Waals surface area (Å²) < 4.78 is 0. The van der Waals surface area contributed by atoms with E-state index in [1.807, 2.05) is 13.8 Å². The summed E-state index contributed by atoms with van der Waals surface area (Å²) in [5.41, 5.74) is 5.55. The van der Waals surface area contributed by atoms with E-state index in [4.69, 9.17) is 10.9 Å². The van der Waals surface area contributed by atoms with Gasteiger partial charge in [-0.2, -0.15) is 0 Å². The molecular weight excluding hydrogens is 218 g/mol. The van der Waals surface area contributed by atoms with E-state index >= 15 is 0 Å². The maximum Gasteiger partial charge on any atom is 0.231 e. The lowest BCUT2D eigenvalue weighted by Crippen LogP contribution is -2.43. The van der Waals surface area contributed by atoms with Crippen molar-refractivity contribution in [3.63, 3.8) is 0 Å². The van der Waals surface area contributed by atoms with Crippen LogP contribution in [0.3, 0.4) is 0 Å². The second kappa shape index (κ2) is 5.89. The SMILES string of the molecule is CCCC1CC1NC(=O)C(C(N)=NO)C(C)C. The van der Waals surface area contributed by atoms with Crippen LogP contribution in [0.5, 0.6) is 0 Å². The quantitative estimate of drug-likeness (QED) is 0.283. The highest BCUT2D eigenvalue weighted by molar-refractivity contribution is 6.02. The van der Waals surface area contributed by atoms with Crippen molar-refractivity contribution < 1.29 is 10.0 Å². The number of carbonyl (C=O) groups excluding carboxylic acids is 1. The fraction of sp³-hybridized carbons (Fsp3) is 0.833. The van der Waals surface area contributed by atoms with Crippen LogP contribution in [0.15, 0.2) is 5.16 Å². The number of carbonyl (C=O) groups is 1. The molecule has 3 unspecified atom stereocenters. The highest BCUT2D eigenvalue weighted by Gasteiger charge is 2.39. The fourth-order valence-corrected chi connectivity index (χ4v) is 2.23. The zero-order valence-electron chi connectivity index (χ0n) is 10.8. The highest BCUT2D eigenvalue weighted by Crippen LogP contribution is 2.34. The van der Waals surface area contributed by atoms with Crippen molar-refractivity contribution in [2.24, 2.45) is 28.6 Å². The molecule has 1 aliphatic carbocycles. The van der Waals surface area contributed by atoms with Crippen LogP contribution in [0.1, 0.15) is 40.0 Å². The highest BCUT2D eigenvalue weighted by atomic mass is 16.4. The number of hydrogen-bond acceptors (Lipinski definition) is 3. The Morgan fingerprint density at radius 3 is 2.71 bits per heavy atom. The van der Waals surface area contributed by atoms with Crippen molar-refractivity contribution in [1.82, 2.24) is 5.32 Å². The molecule has 98 valence electrons. The maximum absolute atomic E-state index is 12.0. The van der Waals surface area contributed by atoms with Crippen molar-refractivity contribution in [1.29, 1.82) is 0 Å². The first-order valence-electron chi connectivity index (χ1n) is 6.29. The van der Waals surface area contributed by atoms with Crippen LogP contribution in [-0.4, -0.2) is 23.0 Å². The average Bonchev–Trinajstić information content (AvgIpc) is 2.96. The van der Waals surface area contributed by atoms with Crippen molar-refractivity contribution in [2.45, 2.75) is 46.1 Å². The lowest BCUT2D eigenvalue weighted by Gasteiger charge is -2.18. The van der Waals surface area contributed by atoms with Gasteiger partial charge in [0.25, 0.3) is 0 Å². The molecule has 17 heavy (non-hydrogen) atoms. The maximum atomic E-state index is 12.0. The van der Waals surface area contributed by atoms with Gasteiger partial charge in [0, 0.05) is 6.04 Å². The molecule has 1 amide bonds. The molecule has 0 aromatic rings. The number of rotatable bonds is 6. The molecule has 5 heteroatoms. The Kier molecular flexibility index (Phi) is 4.78. The summed E-state index contributed by atoms with van der Waals surface area (Å²) in [5, 5.41) is 14.6. The summed E-state index contributed by atoms with van der Waals surface area (Å²) in [6.07, 6.45) is 3.35. The summed E-state index contributed by atoms with van der Waals surface area (Å²) in [5.74, 6) is -0.0368. The van der Waals surface area contributed by atoms with Crippen LogP contribution in [-0.2, 0) is 4.79 Å². The minimum atomic E-state index is -0.539. The molecule has 0 heterocycles. The molecule has 0 aromatic heterocycles. The molecule has 3 atom stereocenters. The standard InChI is InChI=1S/C12H23N3O2/c1-4-5-8-6-9(8)14-12(16)10(7(2)3)11(13)15-17/h7-10,17H,4-6H2,1-3H3,(H2,13,15)(H,14,16). The number of amides is 1. The lowest BCUT2D eigenvalue weighted by molar-refractivity contribution is -0.124. The molecule has 1 aliphatic rings. The molecular formula is C12H23N3O2. The summed E-state index contributed by atoms with van der Waals surface area (Å²) in [6, 6.07) is 0.287. The zero-order valence-corrected chi connectivity index (χ0v) is 10.8. The van der Waals surface area contributed by atoms with Gasteiger partial charge in [0.1, 0.15) is 5.92 Å². The van der Waals surface area contributed by atoms with Gasteiger partial charge < -0.3 is 16.3 Å². The zero-order chi connectivity index (χ0) is 13.0. The predicted molar refractivity (Wildman–Crippen MR) is 66.7 cm³/mol. The number of nitrogens with two attached hydrogens (primary N) is 1. The Bertz CT molecular complexity index is 302. The van der Waals surface area contributed by atoms with E-state index in [2.05, 4.69) is 17.4 Å². The minimum Gasteiger partial charge on any atom is -0.409 e. The van der Waals surface area contributed by atoms with Crippen molar-refractivity contribution >= 4 is 11.7 Å². The summed E-state index contributed by atoms with van der Waals surface area (Å²) in [6.45, 7) is 5.92. The number of hydrogen-bond donors (Lipinski definition) is 3. The predicted octanol–water partition coefficient (Wildman–Crippen LogP) is 1.31. The lowest BCUT2D eigenvalue weighted by atomic mass is 9.94. The molecule has 0 spiro atoms. The van der Waals surface area contributed by atoms with Crippen LogP contribution in [0.4, 0.5) is 0 Å². The first-order chi connectivity index (χ1) is 8.01. The average molecular weight is 241 g/mol. The van der Waals surface area contributed by atoms with Crippen LogP contribution >= 0.6 is 0 Å². The van der Waals surface area contributed by atoms with Crippen LogP contribution in [0.2, 0.25) is 0 Å². The van der Waals surface area contributed by atoms with Gasteiger partial charge >= 0.3 is 0 Å². The van der Waals surface area contributed by atoms with Gasteiger partial charge in [0.05, 0.1) is 0 Å².